The van der Waals surface area contributed by atoms with E-state index in [1.165, 1.54) is 0 Å². The van der Waals surface area contributed by atoms with Crippen LogP contribution in [0.1, 0.15) is 45.7 Å². The quantitative estimate of drug-likeness (QED) is 0.685. The number of hydrogen-bond acceptors (Lipinski definition) is 4. The standard InChI is InChI=1S/C16H28N2O3S/c1-12(19)10-16(3,4)11-17-13(2)14-6-8-15(9-7-14)18-22(5,20)21/h6-9,12-13,17-19H,10-11H2,1-5H3. The van der Waals surface area contributed by atoms with Crippen molar-refractivity contribution in [2.75, 3.05) is 17.5 Å². The second-order valence-corrected chi connectivity index (χ2v) is 8.56. The van der Waals surface area contributed by atoms with E-state index < -0.39 is 10.0 Å². The van der Waals surface area contributed by atoms with Gasteiger partial charge in [-0.05, 0) is 43.4 Å². The van der Waals surface area contributed by atoms with Crippen molar-refractivity contribution < 1.29 is 13.5 Å². The molecule has 1 aromatic rings. The van der Waals surface area contributed by atoms with Gasteiger partial charge in [-0.15, -0.1) is 0 Å². The van der Waals surface area contributed by atoms with Crippen LogP contribution in [0.15, 0.2) is 24.3 Å². The van der Waals surface area contributed by atoms with Crippen LogP contribution in [-0.2, 0) is 10.0 Å². The molecule has 0 amide bonds. The van der Waals surface area contributed by atoms with Crippen molar-refractivity contribution in [2.24, 2.45) is 5.41 Å². The molecule has 1 rings (SSSR count). The summed E-state index contributed by atoms with van der Waals surface area (Å²) in [7, 11) is -3.24. The van der Waals surface area contributed by atoms with E-state index in [1.807, 2.05) is 12.1 Å². The number of sulfonamides is 1. The molecule has 126 valence electrons. The van der Waals surface area contributed by atoms with Gasteiger partial charge in [-0.2, -0.15) is 0 Å². The number of hydrogen-bond donors (Lipinski definition) is 3. The van der Waals surface area contributed by atoms with Gasteiger partial charge in [-0.3, -0.25) is 4.72 Å². The van der Waals surface area contributed by atoms with Crippen molar-refractivity contribution in [3.8, 4) is 0 Å². The predicted octanol–water partition coefficient (Wildman–Crippen LogP) is 2.51. The highest BCUT2D eigenvalue weighted by molar-refractivity contribution is 7.92. The van der Waals surface area contributed by atoms with Gasteiger partial charge in [0.25, 0.3) is 0 Å². The zero-order valence-electron chi connectivity index (χ0n) is 14.1. The Balaban J connectivity index is 2.61. The predicted molar refractivity (Wildman–Crippen MR) is 91.4 cm³/mol. The minimum absolute atomic E-state index is 0.0141. The zero-order valence-corrected chi connectivity index (χ0v) is 14.9. The van der Waals surface area contributed by atoms with Crippen LogP contribution >= 0.6 is 0 Å². The molecular formula is C16H28N2O3S. The van der Waals surface area contributed by atoms with Crippen LogP contribution in [0.2, 0.25) is 0 Å². The van der Waals surface area contributed by atoms with Gasteiger partial charge in [0.1, 0.15) is 0 Å². The van der Waals surface area contributed by atoms with E-state index in [-0.39, 0.29) is 17.6 Å². The lowest BCUT2D eigenvalue weighted by molar-refractivity contribution is 0.127. The summed E-state index contributed by atoms with van der Waals surface area (Å²) in [5.41, 5.74) is 1.67. The second kappa shape index (κ2) is 7.44. The number of rotatable bonds is 8. The molecule has 3 N–H and O–H groups in total. The molecule has 22 heavy (non-hydrogen) atoms. The summed E-state index contributed by atoms with van der Waals surface area (Å²) in [5, 5.41) is 13.0. The first-order chi connectivity index (χ1) is 9.98. The summed E-state index contributed by atoms with van der Waals surface area (Å²) < 4.78 is 24.8. The molecular weight excluding hydrogens is 300 g/mol. The molecule has 0 saturated heterocycles. The summed E-state index contributed by atoms with van der Waals surface area (Å²) >= 11 is 0. The van der Waals surface area contributed by atoms with Gasteiger partial charge in [0, 0.05) is 18.3 Å². The molecule has 0 bridgehead atoms. The molecule has 0 aliphatic heterocycles. The van der Waals surface area contributed by atoms with E-state index in [1.54, 1.807) is 19.1 Å². The highest BCUT2D eigenvalue weighted by Gasteiger charge is 2.21. The van der Waals surface area contributed by atoms with Crippen LogP contribution in [0, 0.1) is 5.41 Å². The summed E-state index contributed by atoms with van der Waals surface area (Å²) in [6, 6.07) is 7.49. The Morgan fingerprint density at radius 2 is 1.73 bits per heavy atom. The van der Waals surface area contributed by atoms with Crippen LogP contribution in [-0.4, -0.2) is 32.4 Å². The molecule has 0 aliphatic carbocycles. The fourth-order valence-corrected chi connectivity index (χ4v) is 3.04. The molecule has 2 atom stereocenters. The van der Waals surface area contributed by atoms with Crippen LogP contribution in [0.4, 0.5) is 5.69 Å². The number of aliphatic hydroxyl groups excluding tert-OH is 1. The second-order valence-electron chi connectivity index (χ2n) is 6.82. The topological polar surface area (TPSA) is 78.4 Å². The first kappa shape index (κ1) is 18.9. The Bertz CT molecular complexity index is 566. The van der Waals surface area contributed by atoms with E-state index in [0.717, 1.165) is 24.8 Å². The maximum absolute atomic E-state index is 11.2. The van der Waals surface area contributed by atoms with Gasteiger partial charge in [0.05, 0.1) is 12.4 Å². The summed E-state index contributed by atoms with van der Waals surface area (Å²) in [6.07, 6.45) is 1.56. The SMILES string of the molecule is CC(O)CC(C)(C)CNC(C)c1ccc(NS(C)(=O)=O)cc1. The van der Waals surface area contributed by atoms with Crippen molar-refractivity contribution in [2.45, 2.75) is 46.3 Å². The minimum atomic E-state index is -3.24. The summed E-state index contributed by atoms with van der Waals surface area (Å²) in [6.45, 7) is 8.91. The molecule has 6 heteroatoms. The van der Waals surface area contributed by atoms with Gasteiger partial charge in [0.2, 0.25) is 10.0 Å². The summed E-state index contributed by atoms with van der Waals surface area (Å²) in [5.74, 6) is 0. The van der Waals surface area contributed by atoms with E-state index in [2.05, 4.69) is 30.8 Å². The Kier molecular flexibility index (Phi) is 6.40. The number of aliphatic hydroxyl groups is 1. The molecule has 0 aliphatic rings. The molecule has 0 aromatic heterocycles. The maximum Gasteiger partial charge on any atom is 0.229 e. The Hall–Kier alpha value is -1.11. The highest BCUT2D eigenvalue weighted by atomic mass is 32.2. The largest absolute Gasteiger partial charge is 0.393 e. The van der Waals surface area contributed by atoms with Crippen LogP contribution in [0.5, 0.6) is 0 Å². The third-order valence-electron chi connectivity index (χ3n) is 3.45. The van der Waals surface area contributed by atoms with Crippen LogP contribution in [0.3, 0.4) is 0 Å². The molecule has 0 heterocycles. The van der Waals surface area contributed by atoms with Crippen LogP contribution < -0.4 is 10.0 Å². The normalized spacial score (nSPS) is 15.4. The molecule has 5 nitrogen and oxygen atoms in total. The first-order valence-corrected chi connectivity index (χ1v) is 9.37. The fourth-order valence-electron chi connectivity index (χ4n) is 2.47. The fraction of sp³-hybridized carbons (Fsp3) is 0.625. The van der Waals surface area contributed by atoms with Crippen molar-refractivity contribution in [3.05, 3.63) is 29.8 Å². The molecule has 0 saturated carbocycles. The van der Waals surface area contributed by atoms with Crippen molar-refractivity contribution in [1.29, 1.82) is 0 Å². The monoisotopic (exact) mass is 328 g/mol. The zero-order chi connectivity index (χ0) is 17.0. The van der Waals surface area contributed by atoms with Gasteiger partial charge in [-0.1, -0.05) is 26.0 Å². The van der Waals surface area contributed by atoms with E-state index in [4.69, 9.17) is 0 Å². The van der Waals surface area contributed by atoms with E-state index in [0.29, 0.717) is 5.69 Å². The Morgan fingerprint density at radius 1 is 1.18 bits per heavy atom. The molecule has 2 unspecified atom stereocenters. The average molecular weight is 328 g/mol. The van der Waals surface area contributed by atoms with Gasteiger partial charge >= 0.3 is 0 Å². The highest BCUT2D eigenvalue weighted by Crippen LogP contribution is 2.23. The van der Waals surface area contributed by atoms with E-state index >= 15 is 0 Å². The molecule has 0 fully saturated rings. The van der Waals surface area contributed by atoms with Crippen LogP contribution in [0.25, 0.3) is 0 Å². The molecule has 0 spiro atoms. The first-order valence-electron chi connectivity index (χ1n) is 7.48. The number of anilines is 1. The molecule has 0 radical (unpaired) electrons. The van der Waals surface area contributed by atoms with E-state index in [9.17, 15) is 13.5 Å². The molecule has 1 aromatic carbocycles. The smallest absolute Gasteiger partial charge is 0.229 e. The van der Waals surface area contributed by atoms with Crippen molar-refractivity contribution in [1.82, 2.24) is 5.32 Å². The van der Waals surface area contributed by atoms with Crippen molar-refractivity contribution >= 4 is 15.7 Å². The lowest BCUT2D eigenvalue weighted by Crippen LogP contribution is -2.33. The Morgan fingerprint density at radius 3 is 2.18 bits per heavy atom. The lowest BCUT2D eigenvalue weighted by atomic mass is 9.86. The Labute approximate surface area is 134 Å². The average Bonchev–Trinajstić information content (AvgIpc) is 2.33. The number of benzene rings is 1. The third-order valence-corrected chi connectivity index (χ3v) is 4.06. The maximum atomic E-state index is 11.2. The van der Waals surface area contributed by atoms with Crippen molar-refractivity contribution in [3.63, 3.8) is 0 Å². The van der Waals surface area contributed by atoms with Gasteiger partial charge < -0.3 is 10.4 Å². The lowest BCUT2D eigenvalue weighted by Gasteiger charge is -2.28. The number of nitrogens with one attached hydrogen (secondary N) is 2. The van der Waals surface area contributed by atoms with Gasteiger partial charge in [0.15, 0.2) is 0 Å². The third kappa shape index (κ3) is 7.24. The summed E-state index contributed by atoms with van der Waals surface area (Å²) in [4.78, 5) is 0. The minimum Gasteiger partial charge on any atom is -0.393 e. The van der Waals surface area contributed by atoms with Gasteiger partial charge in [-0.25, -0.2) is 8.42 Å².